The topological polar surface area (TPSA) is 88.8 Å². The van der Waals surface area contributed by atoms with Crippen LogP contribution in [-0.4, -0.2) is 49.7 Å². The highest BCUT2D eigenvalue weighted by atomic mass is 32.1. The minimum Gasteiger partial charge on any atom is -0.444 e. The molecule has 1 saturated heterocycles. The summed E-state index contributed by atoms with van der Waals surface area (Å²) in [5, 5.41) is 7.08. The molecule has 3 aromatic heterocycles. The van der Waals surface area contributed by atoms with Crippen molar-refractivity contribution in [1.29, 1.82) is 0 Å². The number of carbonyl (C=O) groups excluding carboxylic acids is 2. The lowest BCUT2D eigenvalue weighted by Crippen LogP contribution is -2.46. The first-order valence-corrected chi connectivity index (χ1v) is 12.2. The lowest BCUT2D eigenvalue weighted by Gasteiger charge is -2.38. The van der Waals surface area contributed by atoms with Gasteiger partial charge in [0.25, 0.3) is 5.91 Å². The number of amides is 2. The zero-order chi connectivity index (χ0) is 24.8. The maximum Gasteiger partial charge on any atom is 0.410 e. The van der Waals surface area contributed by atoms with Gasteiger partial charge in [0.2, 0.25) is 0 Å². The number of halogens is 1. The average Bonchev–Trinajstić information content (AvgIpc) is 3.29. The van der Waals surface area contributed by atoms with E-state index >= 15 is 0 Å². The first kappa shape index (κ1) is 24.1. The molecule has 8 nitrogen and oxygen atoms in total. The lowest BCUT2D eigenvalue weighted by atomic mass is 9.90. The molecule has 0 spiro atoms. The Bertz CT molecular complexity index is 1250. The van der Waals surface area contributed by atoms with Crippen molar-refractivity contribution in [1.82, 2.24) is 19.5 Å². The van der Waals surface area contributed by atoms with Gasteiger partial charge < -0.3 is 15.0 Å². The number of hydrogen-bond donors (Lipinski definition) is 1. The molecule has 1 fully saturated rings. The van der Waals surface area contributed by atoms with E-state index in [1.807, 2.05) is 41.5 Å². The molecule has 0 aliphatic carbocycles. The minimum absolute atomic E-state index is 0.0265. The second kappa shape index (κ2) is 8.98. The summed E-state index contributed by atoms with van der Waals surface area (Å²) in [6, 6.07) is 3.12. The van der Waals surface area contributed by atoms with Crippen LogP contribution in [0.4, 0.5) is 15.0 Å². The number of nitrogens with zero attached hydrogens (tertiary/aromatic N) is 4. The summed E-state index contributed by atoms with van der Waals surface area (Å²) in [5.74, 6) is -0.673. The summed E-state index contributed by atoms with van der Waals surface area (Å²) in [6.45, 7) is 11.8. The van der Waals surface area contributed by atoms with Crippen LogP contribution in [0.1, 0.15) is 72.3 Å². The fourth-order valence-electron chi connectivity index (χ4n) is 4.24. The number of aromatic nitrogens is 3. The van der Waals surface area contributed by atoms with E-state index in [-0.39, 0.29) is 22.9 Å². The molecule has 3 aromatic rings. The Morgan fingerprint density at radius 3 is 2.68 bits per heavy atom. The number of piperidine rings is 1. The summed E-state index contributed by atoms with van der Waals surface area (Å²) in [6.07, 6.45) is 2.80. The second-order valence-electron chi connectivity index (χ2n) is 9.89. The number of anilines is 1. The quantitative estimate of drug-likeness (QED) is 0.541. The van der Waals surface area contributed by atoms with Crippen LogP contribution in [0.15, 0.2) is 18.3 Å². The van der Waals surface area contributed by atoms with Gasteiger partial charge in [-0.2, -0.15) is 0 Å². The Kier molecular flexibility index (Phi) is 6.37. The van der Waals surface area contributed by atoms with Crippen LogP contribution < -0.4 is 5.32 Å². The third-order valence-electron chi connectivity index (χ3n) is 5.79. The highest BCUT2D eigenvalue weighted by molar-refractivity contribution is 7.14. The van der Waals surface area contributed by atoms with E-state index in [0.717, 1.165) is 27.5 Å². The molecule has 34 heavy (non-hydrogen) atoms. The SMILES string of the molecule is Cc1cn2nc(NC(=O)c3sc(C4CCN(C(=O)OC(C)(C)C)C(C)C4)cc3F)cc(C)c2n1. The molecule has 0 radical (unpaired) electrons. The van der Waals surface area contributed by atoms with Gasteiger partial charge in [0.05, 0.1) is 11.9 Å². The van der Waals surface area contributed by atoms with Gasteiger partial charge in [-0.05, 0) is 78.0 Å². The van der Waals surface area contributed by atoms with E-state index in [9.17, 15) is 14.0 Å². The summed E-state index contributed by atoms with van der Waals surface area (Å²) < 4.78 is 21.9. The second-order valence-corrected chi connectivity index (χ2v) is 11.0. The van der Waals surface area contributed by atoms with E-state index in [4.69, 9.17) is 4.74 Å². The molecule has 1 aliphatic rings. The molecular weight excluding hydrogens is 457 g/mol. The monoisotopic (exact) mass is 487 g/mol. The first-order valence-electron chi connectivity index (χ1n) is 11.3. The van der Waals surface area contributed by atoms with E-state index < -0.39 is 17.3 Å². The van der Waals surface area contributed by atoms with Gasteiger partial charge in [0.15, 0.2) is 11.5 Å². The van der Waals surface area contributed by atoms with Crippen molar-refractivity contribution in [3.63, 3.8) is 0 Å². The maximum absolute atomic E-state index is 14.8. The van der Waals surface area contributed by atoms with Gasteiger partial charge in [0, 0.05) is 17.5 Å². The van der Waals surface area contributed by atoms with Gasteiger partial charge in [-0.15, -0.1) is 16.4 Å². The Morgan fingerprint density at radius 1 is 1.26 bits per heavy atom. The highest BCUT2D eigenvalue weighted by Gasteiger charge is 2.33. The fourth-order valence-corrected chi connectivity index (χ4v) is 5.32. The number of hydrogen-bond acceptors (Lipinski definition) is 6. The summed E-state index contributed by atoms with van der Waals surface area (Å²) in [5.41, 5.74) is 1.84. The van der Waals surface area contributed by atoms with Gasteiger partial charge in [-0.3, -0.25) is 4.79 Å². The zero-order valence-corrected chi connectivity index (χ0v) is 21.1. The standard InChI is InChI=1S/C24H30FN5O3S/c1-13-9-19(28-30-12-14(2)26-21(13)30)27-22(31)20-17(25)11-18(34-20)16-7-8-29(15(3)10-16)23(32)33-24(4,5)6/h9,11-12,15-16H,7-8,10H2,1-6H3,(H,27,28,31). The van der Waals surface area contributed by atoms with Crippen LogP contribution in [0, 0.1) is 19.7 Å². The molecule has 2 unspecified atom stereocenters. The third-order valence-corrected chi connectivity index (χ3v) is 7.06. The van der Waals surface area contributed by atoms with Gasteiger partial charge >= 0.3 is 6.09 Å². The number of ether oxygens (including phenoxy) is 1. The normalized spacial score (nSPS) is 18.9. The molecule has 4 heterocycles. The number of thiophene rings is 1. The first-order chi connectivity index (χ1) is 15.9. The van der Waals surface area contributed by atoms with Crippen molar-refractivity contribution in [3.8, 4) is 0 Å². The summed E-state index contributed by atoms with van der Waals surface area (Å²) in [7, 11) is 0. The van der Waals surface area contributed by atoms with Gasteiger partial charge in [-0.1, -0.05) is 0 Å². The van der Waals surface area contributed by atoms with Crippen molar-refractivity contribution in [2.75, 3.05) is 11.9 Å². The molecule has 4 rings (SSSR count). The summed E-state index contributed by atoms with van der Waals surface area (Å²) in [4.78, 5) is 32.3. The van der Waals surface area contributed by atoms with Crippen LogP contribution in [0.3, 0.4) is 0 Å². The van der Waals surface area contributed by atoms with Crippen LogP contribution in [-0.2, 0) is 4.74 Å². The largest absolute Gasteiger partial charge is 0.444 e. The molecule has 1 aliphatic heterocycles. The molecule has 10 heteroatoms. The number of rotatable bonds is 3. The third kappa shape index (κ3) is 5.06. The number of nitrogens with one attached hydrogen (secondary N) is 1. The Labute approximate surface area is 202 Å². The van der Waals surface area contributed by atoms with Gasteiger partial charge in [0.1, 0.15) is 16.3 Å². The van der Waals surface area contributed by atoms with Gasteiger partial charge in [-0.25, -0.2) is 18.7 Å². The molecule has 182 valence electrons. The fraction of sp³-hybridized carbons (Fsp3) is 0.500. The number of fused-ring (bicyclic) bond motifs is 1. The molecule has 2 amide bonds. The van der Waals surface area contributed by atoms with Crippen molar-refractivity contribution in [2.24, 2.45) is 0 Å². The number of imidazole rings is 1. The Hall–Kier alpha value is -3.01. The number of likely N-dealkylation sites (tertiary alicyclic amines) is 1. The van der Waals surface area contributed by atoms with Crippen molar-refractivity contribution in [2.45, 2.75) is 71.9 Å². The zero-order valence-electron chi connectivity index (χ0n) is 20.3. The smallest absolute Gasteiger partial charge is 0.410 e. The molecule has 0 bridgehead atoms. The highest BCUT2D eigenvalue weighted by Crippen LogP contribution is 2.37. The van der Waals surface area contributed by atoms with E-state index in [1.54, 1.807) is 21.7 Å². The Morgan fingerprint density at radius 2 is 2.00 bits per heavy atom. The average molecular weight is 488 g/mol. The van der Waals surface area contributed by atoms with Crippen LogP contribution in [0.5, 0.6) is 0 Å². The van der Waals surface area contributed by atoms with E-state index in [1.165, 1.54) is 6.07 Å². The predicted octanol–water partition coefficient (Wildman–Crippen LogP) is 5.30. The molecular formula is C24H30FN5O3S. The minimum atomic E-state index is -0.554. The molecule has 0 saturated carbocycles. The predicted molar refractivity (Wildman–Crippen MR) is 129 cm³/mol. The van der Waals surface area contributed by atoms with Crippen molar-refractivity contribution < 1.29 is 18.7 Å². The molecule has 2 atom stereocenters. The van der Waals surface area contributed by atoms with Crippen LogP contribution >= 0.6 is 11.3 Å². The molecule has 0 aromatic carbocycles. The van der Waals surface area contributed by atoms with E-state index in [2.05, 4.69) is 15.4 Å². The van der Waals surface area contributed by atoms with Crippen LogP contribution in [0.25, 0.3) is 5.65 Å². The molecule has 1 N–H and O–H groups in total. The summed E-state index contributed by atoms with van der Waals surface area (Å²) >= 11 is 1.16. The van der Waals surface area contributed by atoms with E-state index in [0.29, 0.717) is 30.9 Å². The van der Waals surface area contributed by atoms with Crippen molar-refractivity contribution in [3.05, 3.63) is 45.2 Å². The van der Waals surface area contributed by atoms with Crippen molar-refractivity contribution >= 4 is 34.8 Å². The number of carbonyl (C=O) groups is 2. The Balaban J connectivity index is 1.45. The lowest BCUT2D eigenvalue weighted by molar-refractivity contribution is 0.0104. The van der Waals surface area contributed by atoms with Crippen LogP contribution in [0.2, 0.25) is 0 Å². The number of aryl methyl sites for hydroxylation is 2. The maximum atomic E-state index is 14.8.